The Morgan fingerprint density at radius 1 is 1.08 bits per heavy atom. The van der Waals surface area contributed by atoms with E-state index in [1.165, 1.54) is 4.90 Å². The molecule has 0 saturated carbocycles. The van der Waals surface area contributed by atoms with Gasteiger partial charge in [-0.25, -0.2) is 4.98 Å². The van der Waals surface area contributed by atoms with Gasteiger partial charge in [0.25, 0.3) is 0 Å². The molecule has 0 N–H and O–H groups in total. The van der Waals surface area contributed by atoms with Crippen LogP contribution in [0.15, 0.2) is 24.3 Å². The molecule has 0 fully saturated rings. The third-order valence-electron chi connectivity index (χ3n) is 3.92. The topological polar surface area (TPSA) is 50.7 Å². The van der Waals surface area contributed by atoms with Crippen LogP contribution in [-0.4, -0.2) is 37.4 Å². The van der Waals surface area contributed by atoms with Crippen LogP contribution in [0.5, 0.6) is 11.5 Å². The number of nitrogens with zero attached hydrogens (tertiary/aromatic N) is 4. The molecule has 0 radical (unpaired) electrons. The summed E-state index contributed by atoms with van der Waals surface area (Å²) in [4.78, 5) is 11.2. The maximum Gasteiger partial charge on any atom is 0.433 e. The van der Waals surface area contributed by atoms with Gasteiger partial charge in [0.1, 0.15) is 5.82 Å². The second-order valence-corrected chi connectivity index (χ2v) is 6.01. The Kier molecular flexibility index (Phi) is 4.80. The molecule has 0 amide bonds. The first-order valence-corrected chi connectivity index (χ1v) is 8.05. The maximum atomic E-state index is 13.2. The highest BCUT2D eigenvalue weighted by Gasteiger charge is 2.34. The van der Waals surface area contributed by atoms with E-state index in [4.69, 9.17) is 9.47 Å². The Hall–Kier alpha value is -2.71. The normalized spacial score (nSPS) is 13.0. The summed E-state index contributed by atoms with van der Waals surface area (Å²) >= 11 is 0. The molecule has 0 saturated heterocycles. The third kappa shape index (κ3) is 3.76. The molecule has 2 aromatic rings. The number of halogens is 3. The maximum absolute atomic E-state index is 13.2. The van der Waals surface area contributed by atoms with E-state index in [1.54, 1.807) is 25.1 Å². The van der Waals surface area contributed by atoms with E-state index in [-0.39, 0.29) is 18.6 Å². The Labute approximate surface area is 149 Å². The van der Waals surface area contributed by atoms with Crippen molar-refractivity contribution in [2.24, 2.45) is 0 Å². The monoisotopic (exact) mass is 368 g/mol. The second-order valence-electron chi connectivity index (χ2n) is 6.01. The van der Waals surface area contributed by atoms with E-state index < -0.39 is 11.9 Å². The van der Waals surface area contributed by atoms with Crippen LogP contribution in [0.1, 0.15) is 18.2 Å². The smallest absolute Gasteiger partial charge is 0.433 e. The highest BCUT2D eigenvalue weighted by Crippen LogP contribution is 2.34. The minimum Gasteiger partial charge on any atom is -0.454 e. The summed E-state index contributed by atoms with van der Waals surface area (Å²) in [6.07, 6.45) is -4.54. The number of benzene rings is 1. The summed E-state index contributed by atoms with van der Waals surface area (Å²) < 4.78 is 50.2. The molecule has 1 aliphatic rings. The van der Waals surface area contributed by atoms with Gasteiger partial charge in [0.15, 0.2) is 17.2 Å². The fourth-order valence-electron chi connectivity index (χ4n) is 2.52. The number of ether oxygens (including phenoxy) is 2. The number of anilines is 2. The van der Waals surface area contributed by atoms with Crippen LogP contribution in [-0.2, 0) is 12.7 Å². The SMILES string of the molecule is CCN(Cc1ccc2c(c1)OCO2)c1nc(N(C)C)cc(C(F)(F)F)n1. The molecule has 26 heavy (non-hydrogen) atoms. The molecule has 1 aromatic heterocycles. The summed E-state index contributed by atoms with van der Waals surface area (Å²) in [7, 11) is 3.28. The van der Waals surface area contributed by atoms with Crippen molar-refractivity contribution in [2.45, 2.75) is 19.6 Å². The number of rotatable bonds is 5. The molecule has 0 spiro atoms. The van der Waals surface area contributed by atoms with Crippen molar-refractivity contribution in [3.63, 3.8) is 0 Å². The van der Waals surface area contributed by atoms with Gasteiger partial charge in [-0.15, -0.1) is 0 Å². The van der Waals surface area contributed by atoms with E-state index in [9.17, 15) is 13.2 Å². The van der Waals surface area contributed by atoms with Gasteiger partial charge in [0.05, 0.1) is 0 Å². The fraction of sp³-hybridized carbons (Fsp3) is 0.412. The molecule has 3 rings (SSSR count). The third-order valence-corrected chi connectivity index (χ3v) is 3.92. The molecule has 0 unspecified atom stereocenters. The van der Waals surface area contributed by atoms with Gasteiger partial charge in [-0.05, 0) is 24.6 Å². The molecule has 1 aliphatic heterocycles. The number of hydrogen-bond acceptors (Lipinski definition) is 6. The van der Waals surface area contributed by atoms with Gasteiger partial charge in [-0.3, -0.25) is 0 Å². The van der Waals surface area contributed by atoms with Gasteiger partial charge in [0, 0.05) is 33.3 Å². The second kappa shape index (κ2) is 6.89. The lowest BCUT2D eigenvalue weighted by Crippen LogP contribution is -2.26. The first-order chi connectivity index (χ1) is 12.3. The molecule has 0 atom stereocenters. The van der Waals surface area contributed by atoms with Gasteiger partial charge >= 0.3 is 6.18 Å². The van der Waals surface area contributed by atoms with Gasteiger partial charge in [-0.2, -0.15) is 18.2 Å². The van der Waals surface area contributed by atoms with Crippen molar-refractivity contribution in [3.05, 3.63) is 35.5 Å². The van der Waals surface area contributed by atoms with E-state index >= 15 is 0 Å². The summed E-state index contributed by atoms with van der Waals surface area (Å²) in [6, 6.07) is 6.38. The summed E-state index contributed by atoms with van der Waals surface area (Å²) in [5.41, 5.74) is -0.0983. The van der Waals surface area contributed by atoms with Crippen molar-refractivity contribution in [2.75, 3.05) is 37.2 Å². The predicted octanol–water partition coefficient (Wildman–Crippen LogP) is 3.32. The first kappa shape index (κ1) is 18.1. The molecule has 6 nitrogen and oxygen atoms in total. The summed E-state index contributed by atoms with van der Waals surface area (Å²) in [5.74, 6) is 1.51. The Balaban J connectivity index is 1.93. The van der Waals surface area contributed by atoms with E-state index in [2.05, 4.69) is 9.97 Å². The van der Waals surface area contributed by atoms with E-state index in [1.807, 2.05) is 19.1 Å². The minimum atomic E-state index is -4.54. The quantitative estimate of drug-likeness (QED) is 0.807. The van der Waals surface area contributed by atoms with E-state index in [0.717, 1.165) is 11.6 Å². The molecular weight excluding hydrogens is 349 g/mol. The summed E-state index contributed by atoms with van der Waals surface area (Å²) in [6.45, 7) is 2.80. The van der Waals surface area contributed by atoms with Crippen LogP contribution in [0, 0.1) is 0 Å². The zero-order valence-corrected chi connectivity index (χ0v) is 14.7. The summed E-state index contributed by atoms with van der Waals surface area (Å²) in [5, 5.41) is 0. The number of hydrogen-bond donors (Lipinski definition) is 0. The lowest BCUT2D eigenvalue weighted by Gasteiger charge is -2.24. The molecule has 0 bridgehead atoms. The lowest BCUT2D eigenvalue weighted by molar-refractivity contribution is -0.141. The van der Waals surface area contributed by atoms with Crippen molar-refractivity contribution in [3.8, 4) is 11.5 Å². The van der Waals surface area contributed by atoms with Crippen molar-refractivity contribution in [1.82, 2.24) is 9.97 Å². The van der Waals surface area contributed by atoms with E-state index in [0.29, 0.717) is 24.6 Å². The predicted molar refractivity (Wildman–Crippen MR) is 90.7 cm³/mol. The highest BCUT2D eigenvalue weighted by atomic mass is 19.4. The van der Waals surface area contributed by atoms with Crippen LogP contribution in [0.3, 0.4) is 0 Å². The van der Waals surface area contributed by atoms with Crippen LogP contribution in [0.2, 0.25) is 0 Å². The van der Waals surface area contributed by atoms with Crippen LogP contribution < -0.4 is 19.3 Å². The van der Waals surface area contributed by atoms with Gasteiger partial charge < -0.3 is 19.3 Å². The largest absolute Gasteiger partial charge is 0.454 e. The van der Waals surface area contributed by atoms with Crippen LogP contribution in [0.25, 0.3) is 0 Å². The average molecular weight is 368 g/mol. The molecule has 140 valence electrons. The molecule has 9 heteroatoms. The van der Waals surface area contributed by atoms with Crippen LogP contribution in [0.4, 0.5) is 24.9 Å². The van der Waals surface area contributed by atoms with Crippen molar-refractivity contribution in [1.29, 1.82) is 0 Å². The highest BCUT2D eigenvalue weighted by molar-refractivity contribution is 5.48. The lowest BCUT2D eigenvalue weighted by atomic mass is 10.2. The van der Waals surface area contributed by atoms with Crippen molar-refractivity contribution < 1.29 is 22.6 Å². The number of aromatic nitrogens is 2. The average Bonchev–Trinajstić information content (AvgIpc) is 3.06. The fourth-order valence-corrected chi connectivity index (χ4v) is 2.52. The zero-order valence-electron chi connectivity index (χ0n) is 14.7. The Morgan fingerprint density at radius 2 is 1.81 bits per heavy atom. The van der Waals surface area contributed by atoms with Crippen molar-refractivity contribution >= 4 is 11.8 Å². The number of alkyl halides is 3. The first-order valence-electron chi connectivity index (χ1n) is 8.05. The molecular formula is C17H19F3N4O2. The standard InChI is InChI=1S/C17H19F3N4O2/c1-4-24(9-11-5-6-12-13(7-11)26-10-25-12)16-21-14(17(18,19)20)8-15(22-16)23(2)3/h5-8H,4,9-10H2,1-3H3. The molecule has 0 aliphatic carbocycles. The number of fused-ring (bicyclic) bond motifs is 1. The Bertz CT molecular complexity index is 796. The molecule has 2 heterocycles. The van der Waals surface area contributed by atoms with Gasteiger partial charge in [-0.1, -0.05) is 6.07 Å². The molecule has 1 aromatic carbocycles. The zero-order chi connectivity index (χ0) is 18.9. The minimum absolute atomic E-state index is 0.0312. The Morgan fingerprint density at radius 3 is 2.46 bits per heavy atom. The van der Waals surface area contributed by atoms with Crippen LogP contribution >= 0.6 is 0 Å². The van der Waals surface area contributed by atoms with Gasteiger partial charge in [0.2, 0.25) is 12.7 Å².